The third kappa shape index (κ3) is 2.59. The molecule has 0 saturated carbocycles. The third-order valence-corrected chi connectivity index (χ3v) is 4.17. The Labute approximate surface area is 134 Å². The summed E-state index contributed by atoms with van der Waals surface area (Å²) >= 11 is 0. The summed E-state index contributed by atoms with van der Waals surface area (Å²) in [5.74, 6) is -0.344. The molecule has 0 bridgehead atoms. The van der Waals surface area contributed by atoms with Gasteiger partial charge in [-0.25, -0.2) is 4.79 Å². The molecule has 2 aromatic rings. The second-order valence-corrected chi connectivity index (χ2v) is 5.68. The van der Waals surface area contributed by atoms with Gasteiger partial charge in [0.25, 0.3) is 5.91 Å². The molecule has 1 saturated heterocycles. The maximum Gasteiger partial charge on any atom is 0.325 e. The van der Waals surface area contributed by atoms with Crippen molar-refractivity contribution in [2.75, 3.05) is 13.2 Å². The summed E-state index contributed by atoms with van der Waals surface area (Å²) in [5, 5.41) is 11.7. The van der Waals surface area contributed by atoms with Gasteiger partial charge < -0.3 is 10.4 Å². The number of nitrogens with zero attached hydrogens (tertiary/aromatic N) is 1. The Kier molecular flexibility index (Phi) is 3.88. The monoisotopic (exact) mass is 310 g/mol. The summed E-state index contributed by atoms with van der Waals surface area (Å²) in [5.41, 5.74) is 1.76. The Hall–Kier alpha value is -2.66. The number of nitrogens with one attached hydrogen (secondary N) is 1. The lowest BCUT2D eigenvalue weighted by molar-refractivity contribution is -0.131. The largest absolute Gasteiger partial charge is 0.395 e. The fourth-order valence-corrected chi connectivity index (χ4v) is 2.82. The van der Waals surface area contributed by atoms with Crippen LogP contribution in [0.3, 0.4) is 0 Å². The van der Waals surface area contributed by atoms with Crippen LogP contribution < -0.4 is 5.32 Å². The van der Waals surface area contributed by atoms with Crippen molar-refractivity contribution in [3.8, 4) is 11.1 Å². The maximum absolute atomic E-state index is 12.5. The van der Waals surface area contributed by atoms with E-state index >= 15 is 0 Å². The topological polar surface area (TPSA) is 69.6 Å². The predicted molar refractivity (Wildman–Crippen MR) is 86.6 cm³/mol. The van der Waals surface area contributed by atoms with Gasteiger partial charge in [-0.15, -0.1) is 0 Å². The second-order valence-electron chi connectivity index (χ2n) is 5.68. The minimum atomic E-state index is -1.10. The lowest BCUT2D eigenvalue weighted by Crippen LogP contribution is -2.41. The number of benzene rings is 2. The summed E-state index contributed by atoms with van der Waals surface area (Å²) in [6, 6.07) is 17.0. The molecule has 1 aliphatic rings. The van der Waals surface area contributed by atoms with Gasteiger partial charge in [-0.1, -0.05) is 54.6 Å². The van der Waals surface area contributed by atoms with E-state index in [2.05, 4.69) is 5.32 Å². The molecular weight excluding hydrogens is 292 g/mol. The minimum Gasteiger partial charge on any atom is -0.395 e. The van der Waals surface area contributed by atoms with Gasteiger partial charge in [-0.3, -0.25) is 9.69 Å². The van der Waals surface area contributed by atoms with Gasteiger partial charge in [0.15, 0.2) is 0 Å². The number of amides is 3. The molecule has 0 radical (unpaired) electrons. The molecule has 5 heteroatoms. The van der Waals surface area contributed by atoms with E-state index in [1.807, 2.05) is 54.6 Å². The standard InChI is InChI=1S/C18H18N2O3/c1-18(16(22)20(11-12-21)17(23)19-18)15-9-7-14(8-10-15)13-5-3-2-4-6-13/h2-10,21H,11-12H2,1H3,(H,19,23). The highest BCUT2D eigenvalue weighted by Crippen LogP contribution is 2.30. The quantitative estimate of drug-likeness (QED) is 0.850. The number of aliphatic hydroxyl groups excluding tert-OH is 1. The molecular formula is C18H18N2O3. The first kappa shape index (κ1) is 15.2. The molecule has 118 valence electrons. The zero-order valence-corrected chi connectivity index (χ0v) is 12.8. The molecule has 3 rings (SSSR count). The van der Waals surface area contributed by atoms with Gasteiger partial charge in [0.05, 0.1) is 13.2 Å². The summed E-state index contributed by atoms with van der Waals surface area (Å²) in [7, 11) is 0. The molecule has 1 atom stereocenters. The number of hydrogen-bond donors (Lipinski definition) is 2. The molecule has 3 amide bonds. The molecule has 23 heavy (non-hydrogen) atoms. The van der Waals surface area contributed by atoms with Gasteiger partial charge >= 0.3 is 6.03 Å². The van der Waals surface area contributed by atoms with Crippen LogP contribution >= 0.6 is 0 Å². The number of rotatable bonds is 4. The fourth-order valence-electron chi connectivity index (χ4n) is 2.82. The first-order chi connectivity index (χ1) is 11.1. The highest BCUT2D eigenvalue weighted by Gasteiger charge is 2.48. The Bertz CT molecular complexity index is 728. The summed E-state index contributed by atoms with van der Waals surface area (Å²) in [6.07, 6.45) is 0. The van der Waals surface area contributed by atoms with Gasteiger partial charge in [-0.05, 0) is 23.6 Å². The van der Waals surface area contributed by atoms with Crippen molar-refractivity contribution in [1.29, 1.82) is 0 Å². The van der Waals surface area contributed by atoms with Crippen molar-refractivity contribution in [2.24, 2.45) is 0 Å². The van der Waals surface area contributed by atoms with Gasteiger partial charge in [0.1, 0.15) is 5.54 Å². The molecule has 1 aliphatic heterocycles. The smallest absolute Gasteiger partial charge is 0.325 e. The van der Waals surface area contributed by atoms with Crippen LogP contribution in [0, 0.1) is 0 Å². The van der Waals surface area contributed by atoms with Crippen LogP contribution in [0.25, 0.3) is 11.1 Å². The van der Waals surface area contributed by atoms with E-state index in [0.29, 0.717) is 0 Å². The Morgan fingerprint density at radius 1 is 1.00 bits per heavy atom. The molecule has 2 aromatic carbocycles. The number of hydrogen-bond acceptors (Lipinski definition) is 3. The number of β-amino-alcohol motifs (C(OH)–C–C–N with tert-alkyl or cyclic N) is 1. The lowest BCUT2D eigenvalue weighted by atomic mass is 9.90. The number of carbonyl (C=O) groups is 2. The highest BCUT2D eigenvalue weighted by molar-refractivity contribution is 6.07. The van der Waals surface area contributed by atoms with Crippen molar-refractivity contribution in [3.05, 3.63) is 60.2 Å². The van der Waals surface area contributed by atoms with Crippen molar-refractivity contribution >= 4 is 11.9 Å². The Morgan fingerprint density at radius 3 is 2.22 bits per heavy atom. The Morgan fingerprint density at radius 2 is 1.61 bits per heavy atom. The van der Waals surface area contributed by atoms with E-state index in [4.69, 9.17) is 5.11 Å². The van der Waals surface area contributed by atoms with E-state index in [1.54, 1.807) is 6.92 Å². The average molecular weight is 310 g/mol. The molecule has 1 fully saturated rings. The number of aliphatic hydroxyl groups is 1. The normalized spacial score (nSPS) is 20.7. The van der Waals surface area contributed by atoms with Crippen molar-refractivity contribution in [2.45, 2.75) is 12.5 Å². The summed E-state index contributed by atoms with van der Waals surface area (Å²) in [4.78, 5) is 25.5. The molecule has 1 unspecified atom stereocenters. The zero-order valence-electron chi connectivity index (χ0n) is 12.8. The minimum absolute atomic E-state index is 0.00234. The van der Waals surface area contributed by atoms with Crippen LogP contribution in [0.15, 0.2) is 54.6 Å². The van der Waals surface area contributed by atoms with E-state index in [9.17, 15) is 9.59 Å². The number of urea groups is 1. The molecule has 0 spiro atoms. The van der Waals surface area contributed by atoms with Crippen LogP contribution in [0.5, 0.6) is 0 Å². The summed E-state index contributed by atoms with van der Waals surface area (Å²) < 4.78 is 0. The highest BCUT2D eigenvalue weighted by atomic mass is 16.3. The SMILES string of the molecule is CC1(c2ccc(-c3ccccc3)cc2)NC(=O)N(CCO)C1=O. The molecule has 0 aromatic heterocycles. The van der Waals surface area contributed by atoms with Crippen LogP contribution in [0.1, 0.15) is 12.5 Å². The molecule has 2 N–H and O–H groups in total. The fraction of sp³-hybridized carbons (Fsp3) is 0.222. The van der Waals surface area contributed by atoms with Crippen molar-refractivity contribution in [3.63, 3.8) is 0 Å². The van der Waals surface area contributed by atoms with Crippen LogP contribution in [-0.2, 0) is 10.3 Å². The number of carbonyl (C=O) groups excluding carboxylic acids is 2. The van der Waals surface area contributed by atoms with Gasteiger partial charge in [0.2, 0.25) is 0 Å². The van der Waals surface area contributed by atoms with Gasteiger partial charge in [-0.2, -0.15) is 0 Å². The average Bonchev–Trinajstić information content (AvgIpc) is 2.80. The van der Waals surface area contributed by atoms with Crippen molar-refractivity contribution in [1.82, 2.24) is 10.2 Å². The first-order valence-electron chi connectivity index (χ1n) is 7.47. The molecule has 5 nitrogen and oxygen atoms in total. The van der Waals surface area contributed by atoms with E-state index < -0.39 is 11.6 Å². The zero-order chi connectivity index (χ0) is 16.4. The van der Waals surface area contributed by atoms with E-state index in [-0.39, 0.29) is 19.1 Å². The number of imide groups is 1. The molecule has 1 heterocycles. The maximum atomic E-state index is 12.5. The lowest BCUT2D eigenvalue weighted by Gasteiger charge is -2.22. The van der Waals surface area contributed by atoms with E-state index in [0.717, 1.165) is 21.6 Å². The van der Waals surface area contributed by atoms with Crippen LogP contribution in [0.2, 0.25) is 0 Å². The molecule has 0 aliphatic carbocycles. The van der Waals surface area contributed by atoms with Crippen molar-refractivity contribution < 1.29 is 14.7 Å². The van der Waals surface area contributed by atoms with Crippen LogP contribution in [0.4, 0.5) is 4.79 Å². The van der Waals surface area contributed by atoms with Gasteiger partial charge in [0, 0.05) is 0 Å². The summed E-state index contributed by atoms with van der Waals surface area (Å²) in [6.45, 7) is 1.44. The third-order valence-electron chi connectivity index (χ3n) is 4.17. The predicted octanol–water partition coefficient (Wildman–Crippen LogP) is 2.11. The van der Waals surface area contributed by atoms with Crippen LogP contribution in [-0.4, -0.2) is 35.1 Å². The van der Waals surface area contributed by atoms with E-state index in [1.165, 1.54) is 0 Å². The Balaban J connectivity index is 1.90. The second kappa shape index (κ2) is 5.85. The first-order valence-corrected chi connectivity index (χ1v) is 7.47.